The molecule has 0 bridgehead atoms. The summed E-state index contributed by atoms with van der Waals surface area (Å²) in [5, 5.41) is 14.5. The normalized spacial score (nSPS) is 16.8. The molecule has 0 atom stereocenters. The Bertz CT molecular complexity index is 1130. The fourth-order valence-electron chi connectivity index (χ4n) is 4.65. The number of pyridine rings is 2. The highest BCUT2D eigenvalue weighted by Gasteiger charge is 2.30. The van der Waals surface area contributed by atoms with Crippen molar-refractivity contribution in [2.45, 2.75) is 45.1 Å². The van der Waals surface area contributed by atoms with Gasteiger partial charge in [-0.15, -0.1) is 0 Å². The van der Waals surface area contributed by atoms with Crippen LogP contribution in [0.1, 0.15) is 44.6 Å². The van der Waals surface area contributed by atoms with Gasteiger partial charge in [0.05, 0.1) is 19.3 Å². The van der Waals surface area contributed by atoms with Gasteiger partial charge in [-0.2, -0.15) is 4.98 Å². The molecule has 5 heterocycles. The van der Waals surface area contributed by atoms with Crippen molar-refractivity contribution in [3.8, 4) is 0 Å². The molecule has 2 N–H and O–H groups in total. The summed E-state index contributed by atoms with van der Waals surface area (Å²) in [6.45, 7) is 8.33. The maximum atomic E-state index is 8.98. The van der Waals surface area contributed by atoms with Crippen molar-refractivity contribution in [1.29, 1.82) is 0 Å². The minimum atomic E-state index is 0.0479. The molecule has 0 unspecified atom stereocenters. The Balaban J connectivity index is 1.40. The number of hydrogen-bond donors (Lipinski definition) is 2. The van der Waals surface area contributed by atoms with Gasteiger partial charge >= 0.3 is 0 Å². The standard InChI is InChI=1S/C25H33N7O2/c1-17(2)20-13-28-24(32-15-18(16-32)34-11-10-33)21-14-27-23(12-19(20)21)29-22-6-7-26-25(30-22)31-8-4-3-5-9-31/h6-7,12-14,17-18,33H,3-5,8-11,15-16H2,1-2H3,(H,26,27,29,30). The monoisotopic (exact) mass is 463 g/mol. The van der Waals surface area contributed by atoms with Crippen LogP contribution in [0.25, 0.3) is 10.8 Å². The molecule has 2 aliphatic heterocycles. The molecule has 0 saturated carbocycles. The van der Waals surface area contributed by atoms with Gasteiger partial charge in [0.15, 0.2) is 0 Å². The molecule has 3 aromatic rings. The molecule has 34 heavy (non-hydrogen) atoms. The van der Waals surface area contributed by atoms with Crippen LogP contribution in [0, 0.1) is 0 Å². The summed E-state index contributed by atoms with van der Waals surface area (Å²) < 4.78 is 5.63. The predicted molar refractivity (Wildman–Crippen MR) is 134 cm³/mol. The molecule has 5 rings (SSSR count). The number of aliphatic hydroxyl groups is 1. The molecule has 2 fully saturated rings. The highest BCUT2D eigenvalue weighted by Crippen LogP contribution is 2.34. The third-order valence-corrected chi connectivity index (χ3v) is 6.53. The van der Waals surface area contributed by atoms with Crippen LogP contribution >= 0.6 is 0 Å². The highest BCUT2D eigenvalue weighted by atomic mass is 16.5. The average molecular weight is 464 g/mol. The molecule has 0 radical (unpaired) electrons. The SMILES string of the molecule is CC(C)c1cnc(N2CC(OCCO)C2)c2cnc(Nc3ccnc(N4CCCCC4)n3)cc12. The van der Waals surface area contributed by atoms with Crippen LogP contribution in [0.3, 0.4) is 0 Å². The molecule has 0 amide bonds. The first-order valence-corrected chi connectivity index (χ1v) is 12.2. The minimum Gasteiger partial charge on any atom is -0.394 e. The van der Waals surface area contributed by atoms with E-state index in [4.69, 9.17) is 24.8 Å². The fourth-order valence-corrected chi connectivity index (χ4v) is 4.65. The summed E-state index contributed by atoms with van der Waals surface area (Å²) in [7, 11) is 0. The van der Waals surface area contributed by atoms with Crippen LogP contribution in [0.2, 0.25) is 0 Å². The van der Waals surface area contributed by atoms with E-state index in [9.17, 15) is 0 Å². The zero-order valence-corrected chi connectivity index (χ0v) is 19.9. The van der Waals surface area contributed by atoms with Gasteiger partial charge in [0.25, 0.3) is 0 Å². The Morgan fingerprint density at radius 2 is 1.85 bits per heavy atom. The molecule has 0 aliphatic carbocycles. The summed E-state index contributed by atoms with van der Waals surface area (Å²) >= 11 is 0. The fraction of sp³-hybridized carbons (Fsp3) is 0.520. The summed E-state index contributed by atoms with van der Waals surface area (Å²) in [4.78, 5) is 23.2. The number of aliphatic hydroxyl groups excluding tert-OH is 1. The van der Waals surface area contributed by atoms with Crippen molar-refractivity contribution >= 4 is 34.2 Å². The number of nitrogens with one attached hydrogen (secondary N) is 1. The minimum absolute atomic E-state index is 0.0479. The van der Waals surface area contributed by atoms with E-state index in [1.54, 1.807) is 6.20 Å². The van der Waals surface area contributed by atoms with E-state index in [0.29, 0.717) is 12.5 Å². The number of rotatable bonds is 8. The summed E-state index contributed by atoms with van der Waals surface area (Å²) in [5.41, 5.74) is 1.19. The van der Waals surface area contributed by atoms with Gasteiger partial charge < -0.3 is 25.0 Å². The second-order valence-corrected chi connectivity index (χ2v) is 9.34. The van der Waals surface area contributed by atoms with Gasteiger partial charge in [0.2, 0.25) is 5.95 Å². The quantitative estimate of drug-likeness (QED) is 0.520. The lowest BCUT2D eigenvalue weighted by molar-refractivity contribution is 0.0134. The van der Waals surface area contributed by atoms with E-state index in [1.807, 2.05) is 18.5 Å². The van der Waals surface area contributed by atoms with Gasteiger partial charge in [-0.05, 0) is 48.3 Å². The third-order valence-electron chi connectivity index (χ3n) is 6.53. The van der Waals surface area contributed by atoms with E-state index in [1.165, 1.54) is 24.8 Å². The Morgan fingerprint density at radius 1 is 1.03 bits per heavy atom. The molecular formula is C25H33N7O2. The van der Waals surface area contributed by atoms with Crippen LogP contribution in [0.4, 0.5) is 23.4 Å². The van der Waals surface area contributed by atoms with E-state index in [-0.39, 0.29) is 12.7 Å². The van der Waals surface area contributed by atoms with E-state index < -0.39 is 0 Å². The summed E-state index contributed by atoms with van der Waals surface area (Å²) in [6, 6.07) is 3.98. The molecule has 2 aliphatic rings. The number of ether oxygens (including phenoxy) is 1. The first kappa shape index (κ1) is 22.7. The second kappa shape index (κ2) is 10.1. The van der Waals surface area contributed by atoms with Crippen molar-refractivity contribution in [2.75, 3.05) is 54.5 Å². The zero-order chi connectivity index (χ0) is 23.5. The van der Waals surface area contributed by atoms with Crippen molar-refractivity contribution in [2.24, 2.45) is 0 Å². The molecule has 9 heteroatoms. The average Bonchev–Trinajstić information content (AvgIpc) is 2.83. The van der Waals surface area contributed by atoms with Crippen molar-refractivity contribution in [3.63, 3.8) is 0 Å². The Morgan fingerprint density at radius 3 is 2.62 bits per heavy atom. The first-order valence-electron chi connectivity index (χ1n) is 12.2. The van der Waals surface area contributed by atoms with Gasteiger partial charge in [0.1, 0.15) is 17.5 Å². The molecule has 180 valence electrons. The van der Waals surface area contributed by atoms with E-state index >= 15 is 0 Å². The van der Waals surface area contributed by atoms with Gasteiger partial charge in [-0.3, -0.25) is 0 Å². The Hall–Kier alpha value is -3.04. The van der Waals surface area contributed by atoms with Crippen molar-refractivity contribution in [1.82, 2.24) is 19.9 Å². The Labute approximate surface area is 200 Å². The van der Waals surface area contributed by atoms with Crippen LogP contribution in [-0.4, -0.2) is 70.5 Å². The molecule has 2 saturated heterocycles. The van der Waals surface area contributed by atoms with E-state index in [0.717, 1.165) is 60.4 Å². The van der Waals surface area contributed by atoms with Crippen molar-refractivity contribution < 1.29 is 9.84 Å². The highest BCUT2D eigenvalue weighted by molar-refractivity contribution is 5.96. The third kappa shape index (κ3) is 4.76. The molecule has 0 spiro atoms. The van der Waals surface area contributed by atoms with Crippen molar-refractivity contribution in [3.05, 3.63) is 36.3 Å². The van der Waals surface area contributed by atoms with E-state index in [2.05, 4.69) is 40.0 Å². The second-order valence-electron chi connectivity index (χ2n) is 9.34. The molecule has 3 aromatic heterocycles. The molecular weight excluding hydrogens is 430 g/mol. The van der Waals surface area contributed by atoms with Crippen LogP contribution in [0.5, 0.6) is 0 Å². The predicted octanol–water partition coefficient (Wildman–Crippen LogP) is 3.47. The van der Waals surface area contributed by atoms with Gasteiger partial charge in [0, 0.05) is 50.2 Å². The Kier molecular flexibility index (Phi) is 6.73. The molecule has 0 aromatic carbocycles. The maximum Gasteiger partial charge on any atom is 0.227 e. The van der Waals surface area contributed by atoms with Crippen LogP contribution in [0.15, 0.2) is 30.7 Å². The van der Waals surface area contributed by atoms with Crippen LogP contribution in [-0.2, 0) is 4.74 Å². The number of hydrogen-bond acceptors (Lipinski definition) is 9. The maximum absolute atomic E-state index is 8.98. The molecule has 9 nitrogen and oxygen atoms in total. The number of aromatic nitrogens is 4. The lowest BCUT2D eigenvalue weighted by atomic mass is 9.98. The number of piperidine rings is 1. The van der Waals surface area contributed by atoms with Gasteiger partial charge in [-0.25, -0.2) is 15.0 Å². The number of nitrogens with zero attached hydrogens (tertiary/aromatic N) is 6. The largest absolute Gasteiger partial charge is 0.394 e. The summed E-state index contributed by atoms with van der Waals surface area (Å²) in [5.74, 6) is 3.53. The number of anilines is 4. The first-order chi connectivity index (χ1) is 16.6. The zero-order valence-electron chi connectivity index (χ0n) is 19.9. The van der Waals surface area contributed by atoms with Gasteiger partial charge in [-0.1, -0.05) is 13.8 Å². The summed E-state index contributed by atoms with van der Waals surface area (Å²) in [6.07, 6.45) is 9.47. The smallest absolute Gasteiger partial charge is 0.227 e. The number of fused-ring (bicyclic) bond motifs is 1. The topological polar surface area (TPSA) is 99.5 Å². The lowest BCUT2D eigenvalue weighted by Gasteiger charge is -2.40. The lowest BCUT2D eigenvalue weighted by Crippen LogP contribution is -2.53. The van der Waals surface area contributed by atoms with Crippen LogP contribution < -0.4 is 15.1 Å².